The smallest absolute Gasteiger partial charge is 0.404 e. The van der Waals surface area contributed by atoms with Gasteiger partial charge in [0.2, 0.25) is 5.91 Å². The summed E-state index contributed by atoms with van der Waals surface area (Å²) < 4.78 is 0. The minimum Gasteiger partial charge on any atom is -0.465 e. The van der Waals surface area contributed by atoms with Crippen LogP contribution >= 0.6 is 11.3 Å². The van der Waals surface area contributed by atoms with Crippen LogP contribution in [0, 0.1) is 18.3 Å². The highest BCUT2D eigenvalue weighted by molar-refractivity contribution is 7.09. The highest BCUT2D eigenvalue weighted by Gasteiger charge is 2.46. The lowest BCUT2D eigenvalue weighted by molar-refractivity contribution is -0.131. The number of thiazole rings is 1. The van der Waals surface area contributed by atoms with Gasteiger partial charge in [0.05, 0.1) is 41.4 Å². The zero-order chi connectivity index (χ0) is 31.9. The summed E-state index contributed by atoms with van der Waals surface area (Å²) in [6, 6.07) is 17.1. The van der Waals surface area contributed by atoms with Gasteiger partial charge in [0.15, 0.2) is 0 Å². The van der Waals surface area contributed by atoms with E-state index in [-0.39, 0.29) is 18.4 Å². The largest absolute Gasteiger partial charge is 0.465 e. The topological polar surface area (TPSA) is 144 Å². The molecule has 10 nitrogen and oxygen atoms in total. The first-order valence-corrected chi connectivity index (χ1v) is 15.8. The van der Waals surface area contributed by atoms with Gasteiger partial charge in [0, 0.05) is 18.0 Å². The number of amides is 4. The zero-order valence-corrected chi connectivity index (χ0v) is 26.5. The van der Waals surface area contributed by atoms with Gasteiger partial charge in [-0.3, -0.25) is 4.79 Å². The minimum absolute atomic E-state index is 0.124. The van der Waals surface area contributed by atoms with Gasteiger partial charge in [-0.25, -0.2) is 14.6 Å². The quantitative estimate of drug-likeness (QED) is 0.192. The molecule has 0 aliphatic carbocycles. The number of carbonyl (C=O) groups excluding carboxylic acids is 2. The van der Waals surface area contributed by atoms with E-state index >= 15 is 0 Å². The number of aliphatic hydroxyl groups excluding tert-OH is 1. The van der Waals surface area contributed by atoms with Gasteiger partial charge in [0.25, 0.3) is 0 Å². The Bertz CT molecular complexity index is 1390. The Morgan fingerprint density at radius 2 is 1.66 bits per heavy atom. The molecule has 2 aromatic carbocycles. The Hall–Kier alpha value is -3.96. The molecule has 1 saturated heterocycles. The maximum Gasteiger partial charge on any atom is 0.404 e. The molecule has 4 amide bonds. The number of hydrogen-bond donors (Lipinski definition) is 5. The molecular formula is C33H43N5O5S. The zero-order valence-electron chi connectivity index (χ0n) is 25.7. The summed E-state index contributed by atoms with van der Waals surface area (Å²) in [7, 11) is 0. The monoisotopic (exact) mass is 621 g/mol. The average Bonchev–Trinajstić information content (AvgIpc) is 3.53. The molecule has 1 aliphatic rings. The maximum absolute atomic E-state index is 14.2. The number of rotatable bonds is 13. The van der Waals surface area contributed by atoms with Crippen LogP contribution in [0.25, 0.3) is 0 Å². The third-order valence-electron chi connectivity index (χ3n) is 7.99. The molecule has 0 spiro atoms. The molecule has 1 aromatic heterocycles. The number of nitrogens with zero attached hydrogens (tertiary/aromatic N) is 2. The van der Waals surface area contributed by atoms with Gasteiger partial charge in [-0.15, -0.1) is 11.3 Å². The lowest BCUT2D eigenvalue weighted by Crippen LogP contribution is -2.54. The van der Waals surface area contributed by atoms with Crippen LogP contribution in [0.3, 0.4) is 0 Å². The van der Waals surface area contributed by atoms with Crippen LogP contribution < -0.4 is 16.0 Å². The summed E-state index contributed by atoms with van der Waals surface area (Å²) in [4.78, 5) is 45.0. The average molecular weight is 622 g/mol. The fraction of sp³-hybridized carbons (Fsp3) is 0.455. The first-order valence-electron chi connectivity index (χ1n) is 14.9. The molecule has 11 heteroatoms. The first-order chi connectivity index (χ1) is 20.9. The van der Waals surface area contributed by atoms with E-state index in [0.717, 1.165) is 21.8 Å². The van der Waals surface area contributed by atoms with Crippen molar-refractivity contribution in [2.24, 2.45) is 11.3 Å². The Kier molecular flexibility index (Phi) is 11.0. The number of carboxylic acid groups (broad SMARTS) is 1. The van der Waals surface area contributed by atoms with Crippen LogP contribution in [0.15, 0.2) is 66.0 Å². The van der Waals surface area contributed by atoms with Gasteiger partial charge < -0.3 is 31.1 Å². The third kappa shape index (κ3) is 9.03. The number of hydrogen-bond acceptors (Lipinski definition) is 6. The molecule has 0 bridgehead atoms. The van der Waals surface area contributed by atoms with Crippen molar-refractivity contribution in [2.45, 2.75) is 77.7 Å². The molecule has 5 atom stereocenters. The van der Waals surface area contributed by atoms with Gasteiger partial charge in [-0.2, -0.15) is 0 Å². The highest BCUT2D eigenvalue weighted by Crippen LogP contribution is 2.34. The normalized spacial score (nSPS) is 17.8. The minimum atomic E-state index is -1.23. The molecule has 1 fully saturated rings. The lowest BCUT2D eigenvalue weighted by atomic mass is 9.75. The third-order valence-corrected chi connectivity index (χ3v) is 8.81. The van der Waals surface area contributed by atoms with Gasteiger partial charge in [-0.05, 0) is 42.7 Å². The number of aryl methyl sites for hydroxylation is 1. The van der Waals surface area contributed by atoms with E-state index in [1.54, 1.807) is 4.90 Å². The molecule has 0 radical (unpaired) electrons. The molecule has 1 aliphatic heterocycles. The van der Waals surface area contributed by atoms with Gasteiger partial charge in [-0.1, -0.05) is 81.4 Å². The van der Waals surface area contributed by atoms with E-state index in [9.17, 15) is 24.6 Å². The number of carbonyl (C=O) groups is 3. The Balaban J connectivity index is 1.57. The van der Waals surface area contributed by atoms with E-state index in [0.29, 0.717) is 25.9 Å². The van der Waals surface area contributed by atoms with Crippen molar-refractivity contribution in [2.75, 3.05) is 6.54 Å². The molecule has 2 heterocycles. The maximum atomic E-state index is 14.2. The van der Waals surface area contributed by atoms with Crippen molar-refractivity contribution < 1.29 is 24.6 Å². The van der Waals surface area contributed by atoms with Crippen molar-refractivity contribution in [1.82, 2.24) is 25.8 Å². The predicted octanol–water partition coefficient (Wildman–Crippen LogP) is 4.37. The number of aromatic nitrogens is 1. The van der Waals surface area contributed by atoms with Crippen LogP contribution in [0.5, 0.6) is 0 Å². The second-order valence-electron chi connectivity index (χ2n) is 12.5. The van der Waals surface area contributed by atoms with Crippen LogP contribution in [-0.4, -0.2) is 68.9 Å². The Morgan fingerprint density at radius 3 is 2.20 bits per heavy atom. The van der Waals surface area contributed by atoms with E-state index in [1.807, 2.05) is 93.7 Å². The lowest BCUT2D eigenvalue weighted by Gasteiger charge is -2.38. The van der Waals surface area contributed by atoms with E-state index in [2.05, 4.69) is 20.9 Å². The SMILES string of the molecule is Cc1nc(CN2C(=O)NCC2[C@@H](C(=O)NC(Cc2ccccc2)CC(O)C(Cc2ccccc2)NC(=O)O)C(C)(C)C)cs1. The van der Waals surface area contributed by atoms with Crippen LogP contribution in [0.2, 0.25) is 0 Å². The fourth-order valence-electron chi connectivity index (χ4n) is 5.99. The van der Waals surface area contributed by atoms with E-state index in [1.165, 1.54) is 11.3 Å². The fourth-order valence-corrected chi connectivity index (χ4v) is 6.59. The highest BCUT2D eigenvalue weighted by atomic mass is 32.1. The van der Waals surface area contributed by atoms with Crippen molar-refractivity contribution in [3.05, 3.63) is 87.9 Å². The van der Waals surface area contributed by atoms with E-state index in [4.69, 9.17) is 0 Å². The number of benzene rings is 2. The molecule has 236 valence electrons. The second-order valence-corrected chi connectivity index (χ2v) is 13.6. The molecular weight excluding hydrogens is 578 g/mol. The summed E-state index contributed by atoms with van der Waals surface area (Å²) in [5.74, 6) is -0.800. The summed E-state index contributed by atoms with van der Waals surface area (Å²) in [5.41, 5.74) is 2.13. The summed E-state index contributed by atoms with van der Waals surface area (Å²) in [6.07, 6.45) is -1.44. The number of aliphatic hydroxyl groups is 1. The molecule has 3 aromatic rings. The number of urea groups is 1. The first kappa shape index (κ1) is 32.9. The van der Waals surface area contributed by atoms with Crippen LogP contribution in [-0.2, 0) is 24.2 Å². The van der Waals surface area contributed by atoms with Crippen molar-refractivity contribution in [3.63, 3.8) is 0 Å². The molecule has 4 rings (SSSR count). The molecule has 5 N–H and O–H groups in total. The summed E-state index contributed by atoms with van der Waals surface area (Å²) >= 11 is 1.52. The van der Waals surface area contributed by atoms with Crippen molar-refractivity contribution in [1.29, 1.82) is 0 Å². The van der Waals surface area contributed by atoms with Gasteiger partial charge in [0.1, 0.15) is 0 Å². The van der Waals surface area contributed by atoms with Crippen LogP contribution in [0.4, 0.5) is 9.59 Å². The van der Waals surface area contributed by atoms with E-state index < -0.39 is 41.7 Å². The van der Waals surface area contributed by atoms with Gasteiger partial charge >= 0.3 is 12.1 Å². The number of nitrogens with one attached hydrogen (secondary N) is 3. The second kappa shape index (κ2) is 14.7. The summed E-state index contributed by atoms with van der Waals surface area (Å²) in [5, 5.41) is 32.3. The summed E-state index contributed by atoms with van der Waals surface area (Å²) in [6.45, 7) is 8.50. The Morgan fingerprint density at radius 1 is 1.05 bits per heavy atom. The standard InChI is InChI=1S/C33H43N5O5S/c1-21-35-25(20-44-21)19-38-27(18-34-31(38)41)29(33(2,3)4)30(40)36-24(15-22-11-7-5-8-12-22)17-28(39)26(37-32(42)43)16-23-13-9-6-10-14-23/h5-14,20,24,26-29,37,39H,15-19H2,1-4H3,(H,34,41)(H,36,40)(H,42,43)/t24?,26?,27?,28?,29-/m0/s1. The van der Waals surface area contributed by atoms with Crippen molar-refractivity contribution in [3.8, 4) is 0 Å². The van der Waals surface area contributed by atoms with Crippen LogP contribution in [0.1, 0.15) is 49.0 Å². The molecule has 4 unspecified atom stereocenters. The molecule has 44 heavy (non-hydrogen) atoms. The molecule has 0 saturated carbocycles. The Labute approximate surface area is 262 Å². The van der Waals surface area contributed by atoms with Crippen molar-refractivity contribution >= 4 is 29.4 Å². The predicted molar refractivity (Wildman–Crippen MR) is 170 cm³/mol.